The van der Waals surface area contributed by atoms with Crippen molar-refractivity contribution in [3.8, 4) is 0 Å². The molecule has 1 saturated carbocycles. The van der Waals surface area contributed by atoms with Crippen molar-refractivity contribution in [2.75, 3.05) is 19.5 Å². The van der Waals surface area contributed by atoms with Gasteiger partial charge in [0, 0.05) is 24.7 Å². The number of benzene rings is 1. The zero-order valence-electron chi connectivity index (χ0n) is 15.9. The molecule has 1 aliphatic carbocycles. The first-order valence-corrected chi connectivity index (χ1v) is 8.78. The SMILES string of the molecule is COC(=O)c1cc(CN(C)C(=O)c2ccc(NC3CC3)c([N+](=O)[O-])c2)oc1C. The van der Waals surface area contributed by atoms with Gasteiger partial charge in [0.05, 0.1) is 18.6 Å². The third kappa shape index (κ3) is 4.13. The van der Waals surface area contributed by atoms with E-state index >= 15 is 0 Å². The number of furan rings is 1. The molecule has 0 saturated heterocycles. The summed E-state index contributed by atoms with van der Waals surface area (Å²) in [5.74, 6) is -0.102. The third-order valence-electron chi connectivity index (χ3n) is 4.49. The number of methoxy groups -OCH3 is 1. The van der Waals surface area contributed by atoms with Crippen LogP contribution in [0.25, 0.3) is 0 Å². The molecule has 0 bridgehead atoms. The summed E-state index contributed by atoms with van der Waals surface area (Å²) in [6.07, 6.45) is 1.97. The lowest BCUT2D eigenvalue weighted by atomic mass is 10.1. The lowest BCUT2D eigenvalue weighted by Gasteiger charge is -2.16. The second-order valence-corrected chi connectivity index (χ2v) is 6.74. The minimum atomic E-state index is -0.518. The third-order valence-corrected chi connectivity index (χ3v) is 4.49. The molecule has 1 aromatic heterocycles. The van der Waals surface area contributed by atoms with Crippen molar-refractivity contribution in [3.63, 3.8) is 0 Å². The highest BCUT2D eigenvalue weighted by Gasteiger charge is 2.26. The van der Waals surface area contributed by atoms with Crippen molar-refractivity contribution >= 4 is 23.3 Å². The summed E-state index contributed by atoms with van der Waals surface area (Å²) in [6.45, 7) is 1.74. The number of nitrogens with one attached hydrogen (secondary N) is 1. The number of hydrogen-bond acceptors (Lipinski definition) is 7. The summed E-state index contributed by atoms with van der Waals surface area (Å²) in [7, 11) is 2.83. The van der Waals surface area contributed by atoms with E-state index in [-0.39, 0.29) is 23.8 Å². The van der Waals surface area contributed by atoms with E-state index in [1.54, 1.807) is 26.1 Å². The highest BCUT2D eigenvalue weighted by molar-refractivity contribution is 5.95. The van der Waals surface area contributed by atoms with E-state index in [1.165, 1.54) is 24.1 Å². The summed E-state index contributed by atoms with van der Waals surface area (Å²) < 4.78 is 10.2. The van der Waals surface area contributed by atoms with Gasteiger partial charge in [-0.3, -0.25) is 14.9 Å². The van der Waals surface area contributed by atoms with Crippen LogP contribution in [-0.4, -0.2) is 41.9 Å². The van der Waals surface area contributed by atoms with Crippen LogP contribution in [0.4, 0.5) is 11.4 Å². The van der Waals surface area contributed by atoms with Crippen LogP contribution in [0.1, 0.15) is 45.1 Å². The quantitative estimate of drug-likeness (QED) is 0.441. The van der Waals surface area contributed by atoms with Crippen LogP contribution < -0.4 is 5.32 Å². The number of hydrogen-bond donors (Lipinski definition) is 1. The fourth-order valence-electron chi connectivity index (χ4n) is 2.85. The topological polar surface area (TPSA) is 115 Å². The Bertz CT molecular complexity index is 932. The van der Waals surface area contributed by atoms with E-state index in [2.05, 4.69) is 10.1 Å². The van der Waals surface area contributed by atoms with Gasteiger partial charge in [-0.15, -0.1) is 0 Å². The molecule has 1 aliphatic rings. The monoisotopic (exact) mass is 387 g/mol. The number of esters is 1. The molecule has 0 spiro atoms. The van der Waals surface area contributed by atoms with Crippen LogP contribution in [-0.2, 0) is 11.3 Å². The molecule has 3 rings (SSSR count). The molecular weight excluding hydrogens is 366 g/mol. The lowest BCUT2D eigenvalue weighted by Crippen LogP contribution is -2.26. The number of carbonyl (C=O) groups excluding carboxylic acids is 2. The number of nitro groups is 1. The Kier molecular flexibility index (Phi) is 5.34. The van der Waals surface area contributed by atoms with Crippen molar-refractivity contribution < 1.29 is 23.7 Å². The number of rotatable bonds is 7. The van der Waals surface area contributed by atoms with Gasteiger partial charge in [0.1, 0.15) is 22.8 Å². The number of nitrogens with zero attached hydrogens (tertiary/aromatic N) is 2. The molecule has 9 nitrogen and oxygen atoms in total. The van der Waals surface area contributed by atoms with Gasteiger partial charge < -0.3 is 19.4 Å². The van der Waals surface area contributed by atoms with E-state index in [4.69, 9.17) is 4.42 Å². The molecule has 2 aromatic rings. The molecule has 9 heteroatoms. The number of ether oxygens (including phenoxy) is 1. The number of nitro benzene ring substituents is 1. The molecule has 1 fully saturated rings. The van der Waals surface area contributed by atoms with E-state index in [0.29, 0.717) is 22.8 Å². The van der Waals surface area contributed by atoms with Gasteiger partial charge in [-0.2, -0.15) is 0 Å². The molecule has 0 radical (unpaired) electrons. The van der Waals surface area contributed by atoms with Gasteiger partial charge in [0.15, 0.2) is 0 Å². The second-order valence-electron chi connectivity index (χ2n) is 6.74. The first-order valence-electron chi connectivity index (χ1n) is 8.78. The van der Waals surface area contributed by atoms with Crippen molar-refractivity contribution in [1.29, 1.82) is 0 Å². The Morgan fingerprint density at radius 3 is 2.68 bits per heavy atom. The van der Waals surface area contributed by atoms with Crippen LogP contribution in [0.15, 0.2) is 28.7 Å². The Hall–Kier alpha value is -3.36. The maximum atomic E-state index is 12.7. The summed E-state index contributed by atoms with van der Waals surface area (Å²) in [5, 5.41) is 14.5. The van der Waals surface area contributed by atoms with Crippen molar-refractivity contribution in [2.24, 2.45) is 0 Å². The Labute approximate surface area is 161 Å². The highest BCUT2D eigenvalue weighted by Crippen LogP contribution is 2.32. The molecule has 1 heterocycles. The Morgan fingerprint density at radius 2 is 2.07 bits per heavy atom. The maximum Gasteiger partial charge on any atom is 0.341 e. The van der Waals surface area contributed by atoms with Gasteiger partial charge in [0.25, 0.3) is 11.6 Å². The molecule has 28 heavy (non-hydrogen) atoms. The predicted molar refractivity (Wildman–Crippen MR) is 100 cm³/mol. The van der Waals surface area contributed by atoms with E-state index in [1.807, 2.05) is 0 Å². The number of aryl methyl sites for hydroxylation is 1. The summed E-state index contributed by atoms with van der Waals surface area (Å²) in [6, 6.07) is 6.18. The number of carbonyl (C=O) groups is 2. The largest absolute Gasteiger partial charge is 0.465 e. The van der Waals surface area contributed by atoms with Gasteiger partial charge >= 0.3 is 5.97 Å². The standard InChI is InChI=1S/C19H21N3O6/c1-11-15(19(24)27-3)9-14(28-11)10-21(2)18(23)12-4-7-16(20-13-5-6-13)17(8-12)22(25)26/h4,7-9,13,20H,5-6,10H2,1-3H3. The minimum Gasteiger partial charge on any atom is -0.465 e. The van der Waals surface area contributed by atoms with Crippen LogP contribution in [0.5, 0.6) is 0 Å². The summed E-state index contributed by atoms with van der Waals surface area (Å²) in [5.41, 5.74) is 0.778. The fraction of sp³-hybridized carbons (Fsp3) is 0.368. The fourth-order valence-corrected chi connectivity index (χ4v) is 2.85. The molecule has 148 valence electrons. The summed E-state index contributed by atoms with van der Waals surface area (Å²) >= 11 is 0. The van der Waals surface area contributed by atoms with Gasteiger partial charge in [-0.1, -0.05) is 0 Å². The summed E-state index contributed by atoms with van der Waals surface area (Å²) in [4.78, 5) is 36.6. The average Bonchev–Trinajstić information content (AvgIpc) is 3.41. The zero-order valence-corrected chi connectivity index (χ0v) is 15.9. The van der Waals surface area contributed by atoms with Gasteiger partial charge in [-0.25, -0.2) is 4.79 Å². The van der Waals surface area contributed by atoms with E-state index in [9.17, 15) is 19.7 Å². The normalized spacial score (nSPS) is 13.1. The van der Waals surface area contributed by atoms with Crippen LogP contribution in [0.3, 0.4) is 0 Å². The smallest absolute Gasteiger partial charge is 0.341 e. The highest BCUT2D eigenvalue weighted by atomic mass is 16.6. The molecule has 0 unspecified atom stereocenters. The van der Waals surface area contributed by atoms with Crippen LogP contribution in [0.2, 0.25) is 0 Å². The first kappa shape index (κ1) is 19.4. The predicted octanol–water partition coefficient (Wildman–Crippen LogP) is 3.13. The van der Waals surface area contributed by atoms with Gasteiger partial charge in [-0.05, 0) is 38.0 Å². The zero-order chi connectivity index (χ0) is 20.4. The molecule has 1 N–H and O–H groups in total. The van der Waals surface area contributed by atoms with Crippen molar-refractivity contribution in [2.45, 2.75) is 32.4 Å². The molecule has 0 atom stereocenters. The molecule has 0 aliphatic heterocycles. The van der Waals surface area contributed by atoms with Crippen LogP contribution in [0, 0.1) is 17.0 Å². The molecule has 1 aromatic carbocycles. The van der Waals surface area contributed by atoms with Gasteiger partial charge in [0.2, 0.25) is 0 Å². The molecule has 1 amide bonds. The van der Waals surface area contributed by atoms with Crippen molar-refractivity contribution in [1.82, 2.24) is 4.90 Å². The minimum absolute atomic E-state index is 0.104. The van der Waals surface area contributed by atoms with E-state index in [0.717, 1.165) is 12.8 Å². The Morgan fingerprint density at radius 1 is 1.36 bits per heavy atom. The maximum absolute atomic E-state index is 12.7. The lowest BCUT2D eigenvalue weighted by molar-refractivity contribution is -0.384. The number of amides is 1. The van der Waals surface area contributed by atoms with Crippen molar-refractivity contribution in [3.05, 3.63) is 57.0 Å². The first-order chi connectivity index (χ1) is 13.3. The molecular formula is C19H21N3O6. The van der Waals surface area contributed by atoms with Crippen LogP contribution >= 0.6 is 0 Å². The number of anilines is 1. The Balaban J connectivity index is 1.76. The van der Waals surface area contributed by atoms with E-state index < -0.39 is 16.8 Å². The average molecular weight is 387 g/mol. The second kappa shape index (κ2) is 7.71.